The quantitative estimate of drug-likeness (QED) is 0.578. The maximum absolute atomic E-state index is 14.2. The van der Waals surface area contributed by atoms with E-state index in [2.05, 4.69) is 22.0 Å². The number of nitrogens with zero attached hydrogens (tertiary/aromatic N) is 5. The Morgan fingerprint density at radius 1 is 1.21 bits per heavy atom. The minimum atomic E-state index is -0.405. The Hall–Kier alpha value is -2.71. The lowest BCUT2D eigenvalue weighted by Crippen LogP contribution is -2.52. The third kappa shape index (κ3) is 3.65. The molecule has 0 aliphatic carbocycles. The number of amides is 1. The van der Waals surface area contributed by atoms with E-state index in [1.807, 2.05) is 0 Å². The van der Waals surface area contributed by atoms with Crippen molar-refractivity contribution >= 4 is 23.2 Å². The van der Waals surface area contributed by atoms with Gasteiger partial charge in [-0.3, -0.25) is 4.79 Å². The van der Waals surface area contributed by atoms with Crippen molar-refractivity contribution in [3.63, 3.8) is 0 Å². The van der Waals surface area contributed by atoms with Crippen molar-refractivity contribution < 1.29 is 13.9 Å². The molecule has 0 radical (unpaired) electrons. The number of carbonyl (C=O) groups is 1. The van der Waals surface area contributed by atoms with Crippen LogP contribution < -0.4 is 4.74 Å². The van der Waals surface area contributed by atoms with Crippen molar-refractivity contribution in [1.82, 2.24) is 24.4 Å². The summed E-state index contributed by atoms with van der Waals surface area (Å²) in [6, 6.07) is 5.17. The summed E-state index contributed by atoms with van der Waals surface area (Å²) in [7, 11) is 2.19. The van der Waals surface area contributed by atoms with Gasteiger partial charge in [0.15, 0.2) is 5.65 Å². The molecule has 2 bridgehead atoms. The minimum Gasteiger partial charge on any atom is -0.489 e. The second-order valence-electron chi connectivity index (χ2n) is 9.38. The molecule has 3 aliphatic heterocycles. The summed E-state index contributed by atoms with van der Waals surface area (Å²) in [4.78, 5) is 22.0. The SMILES string of the molecule is CN1[C@@H]2CCC[C@H]1C[C@@H](Oc1cc(F)ccc1C(=O)N1Cc3nn4cc(Cl)cnc4c3C1)C2. The van der Waals surface area contributed by atoms with Crippen LogP contribution in [0.2, 0.25) is 5.02 Å². The minimum absolute atomic E-state index is 0.0150. The van der Waals surface area contributed by atoms with Crippen LogP contribution >= 0.6 is 11.6 Å². The van der Waals surface area contributed by atoms with Crippen molar-refractivity contribution in [2.45, 2.75) is 63.4 Å². The average Bonchev–Trinajstić information content (AvgIpc) is 3.32. The Bertz CT molecular complexity index is 1230. The number of aromatic nitrogens is 3. The van der Waals surface area contributed by atoms with Crippen molar-refractivity contribution in [1.29, 1.82) is 0 Å². The van der Waals surface area contributed by atoms with E-state index in [-0.39, 0.29) is 12.0 Å². The summed E-state index contributed by atoms with van der Waals surface area (Å²) in [5, 5.41) is 5.03. The van der Waals surface area contributed by atoms with Crippen LogP contribution in [0.3, 0.4) is 0 Å². The third-order valence-corrected chi connectivity index (χ3v) is 7.56. The van der Waals surface area contributed by atoms with Crippen LogP contribution in [0.1, 0.15) is 53.7 Å². The van der Waals surface area contributed by atoms with Gasteiger partial charge in [-0.25, -0.2) is 13.9 Å². The largest absolute Gasteiger partial charge is 0.489 e. The van der Waals surface area contributed by atoms with Gasteiger partial charge in [-0.15, -0.1) is 0 Å². The molecule has 0 N–H and O–H groups in total. The highest BCUT2D eigenvalue weighted by molar-refractivity contribution is 6.30. The maximum atomic E-state index is 14.2. The van der Waals surface area contributed by atoms with E-state index >= 15 is 0 Å². The number of benzene rings is 1. The molecule has 3 atom stereocenters. The maximum Gasteiger partial charge on any atom is 0.258 e. The molecule has 172 valence electrons. The van der Waals surface area contributed by atoms with Gasteiger partial charge in [0.25, 0.3) is 5.91 Å². The zero-order valence-corrected chi connectivity index (χ0v) is 19.1. The molecule has 0 saturated carbocycles. The monoisotopic (exact) mass is 469 g/mol. The van der Waals surface area contributed by atoms with Crippen molar-refractivity contribution in [3.05, 3.63) is 58.3 Å². The normalized spacial score (nSPS) is 24.8. The zero-order chi connectivity index (χ0) is 22.7. The molecule has 7 nitrogen and oxygen atoms in total. The molecular weight excluding hydrogens is 445 g/mol. The second-order valence-corrected chi connectivity index (χ2v) is 9.82. The number of rotatable bonds is 3. The lowest BCUT2D eigenvalue weighted by atomic mass is 9.83. The van der Waals surface area contributed by atoms with Crippen molar-refractivity contribution in [2.24, 2.45) is 0 Å². The molecule has 1 amide bonds. The number of carbonyl (C=O) groups excluding carboxylic acids is 1. The molecular formula is C24H25ClFN5O2. The van der Waals surface area contributed by atoms with E-state index in [0.717, 1.165) is 36.9 Å². The molecule has 0 unspecified atom stereocenters. The third-order valence-electron chi connectivity index (χ3n) is 7.36. The molecule has 3 aliphatic rings. The first-order chi connectivity index (χ1) is 16.0. The number of halogens is 2. The van der Waals surface area contributed by atoms with Crippen LogP contribution in [0.5, 0.6) is 5.75 Å². The van der Waals surface area contributed by atoms with Gasteiger partial charge in [-0.1, -0.05) is 18.0 Å². The first-order valence-corrected chi connectivity index (χ1v) is 11.8. The van der Waals surface area contributed by atoms with Gasteiger partial charge in [0.1, 0.15) is 17.7 Å². The Labute approximate surface area is 196 Å². The predicted molar refractivity (Wildman–Crippen MR) is 121 cm³/mol. The standard InChI is InChI=1S/C24H25ClFN5O2/c1-29-16-3-2-4-17(29)9-18(8-16)33-22-7-15(26)5-6-19(22)24(32)30-12-20-21(13-30)28-31-11-14(25)10-27-23(20)31/h5-7,10-11,16-18H,2-4,8-9,12-13H2,1H3/t16-,17+,18+. The average molecular weight is 470 g/mol. The number of piperidine rings is 2. The van der Waals surface area contributed by atoms with Crippen molar-refractivity contribution in [2.75, 3.05) is 7.05 Å². The number of fused-ring (bicyclic) bond motifs is 5. The number of hydrogen-bond acceptors (Lipinski definition) is 5. The fourth-order valence-electron chi connectivity index (χ4n) is 5.65. The topological polar surface area (TPSA) is 63.0 Å². The van der Waals surface area contributed by atoms with Gasteiger partial charge in [0.05, 0.1) is 35.6 Å². The fraction of sp³-hybridized carbons (Fsp3) is 0.458. The van der Waals surface area contributed by atoms with Crippen molar-refractivity contribution in [3.8, 4) is 5.75 Å². The van der Waals surface area contributed by atoms with Gasteiger partial charge in [-0.05, 0) is 44.9 Å². The number of hydrogen-bond donors (Lipinski definition) is 0. The smallest absolute Gasteiger partial charge is 0.258 e. The van der Waals surface area contributed by atoms with Crippen LogP contribution in [-0.4, -0.2) is 55.5 Å². The molecule has 2 saturated heterocycles. The van der Waals surface area contributed by atoms with Gasteiger partial charge in [0, 0.05) is 29.9 Å². The second kappa shape index (κ2) is 7.95. The van der Waals surface area contributed by atoms with Crippen LogP contribution in [-0.2, 0) is 13.1 Å². The highest BCUT2D eigenvalue weighted by atomic mass is 35.5. The first kappa shape index (κ1) is 20.9. The molecule has 6 rings (SSSR count). The summed E-state index contributed by atoms with van der Waals surface area (Å²) < 4.78 is 22.1. The van der Waals surface area contributed by atoms with Gasteiger partial charge >= 0.3 is 0 Å². The summed E-state index contributed by atoms with van der Waals surface area (Å²) in [5.74, 6) is -0.266. The molecule has 2 aromatic heterocycles. The highest BCUT2D eigenvalue weighted by Gasteiger charge is 2.38. The molecule has 5 heterocycles. The summed E-state index contributed by atoms with van der Waals surface area (Å²) >= 11 is 6.01. The predicted octanol–water partition coefficient (Wildman–Crippen LogP) is 4.07. The summed E-state index contributed by atoms with van der Waals surface area (Å²) in [6.45, 7) is 0.756. The first-order valence-electron chi connectivity index (χ1n) is 11.5. The number of ether oxygens (including phenoxy) is 1. The van der Waals surface area contributed by atoms with Crippen LogP contribution in [0.25, 0.3) is 5.65 Å². The lowest BCUT2D eigenvalue weighted by Gasteiger charge is -2.46. The molecule has 3 aromatic rings. The Morgan fingerprint density at radius 2 is 2.00 bits per heavy atom. The lowest BCUT2D eigenvalue weighted by molar-refractivity contribution is -0.000328. The summed E-state index contributed by atoms with van der Waals surface area (Å²) in [6.07, 6.45) is 8.64. The molecule has 0 spiro atoms. The Balaban J connectivity index is 1.24. The van der Waals surface area contributed by atoms with Crippen LogP contribution in [0.4, 0.5) is 4.39 Å². The Morgan fingerprint density at radius 3 is 2.79 bits per heavy atom. The van der Waals surface area contributed by atoms with Crippen LogP contribution in [0.15, 0.2) is 30.6 Å². The molecule has 9 heteroatoms. The van der Waals surface area contributed by atoms with E-state index in [4.69, 9.17) is 16.3 Å². The van der Waals surface area contributed by atoms with Gasteiger partial charge in [0.2, 0.25) is 0 Å². The zero-order valence-electron chi connectivity index (χ0n) is 18.4. The molecule has 2 fully saturated rings. The Kier molecular flexibility index (Phi) is 5.03. The van der Waals surface area contributed by atoms with E-state index in [1.54, 1.807) is 21.8 Å². The van der Waals surface area contributed by atoms with Gasteiger partial charge < -0.3 is 14.5 Å². The van der Waals surface area contributed by atoms with E-state index in [9.17, 15) is 9.18 Å². The fourth-order valence-corrected chi connectivity index (χ4v) is 5.79. The molecule has 33 heavy (non-hydrogen) atoms. The van der Waals surface area contributed by atoms with E-state index in [1.165, 1.54) is 24.6 Å². The van der Waals surface area contributed by atoms with E-state index in [0.29, 0.717) is 47.2 Å². The van der Waals surface area contributed by atoms with Crippen LogP contribution in [0, 0.1) is 5.82 Å². The van der Waals surface area contributed by atoms with E-state index < -0.39 is 5.82 Å². The highest BCUT2D eigenvalue weighted by Crippen LogP contribution is 2.36. The summed E-state index contributed by atoms with van der Waals surface area (Å²) in [5.41, 5.74) is 2.79. The molecule has 1 aromatic carbocycles. The van der Waals surface area contributed by atoms with Gasteiger partial charge in [-0.2, -0.15) is 5.10 Å².